The fourth-order valence-corrected chi connectivity index (χ4v) is 4.10. The smallest absolute Gasteiger partial charge is 0.374 e. The highest BCUT2D eigenvalue weighted by Gasteiger charge is 2.49. The van der Waals surface area contributed by atoms with E-state index >= 15 is 0 Å². The Morgan fingerprint density at radius 1 is 0.846 bits per heavy atom. The van der Waals surface area contributed by atoms with Gasteiger partial charge in [-0.3, -0.25) is 0 Å². The van der Waals surface area contributed by atoms with Gasteiger partial charge in [-0.05, 0) is 24.3 Å². The third kappa shape index (κ3) is 3.03. The first-order valence-corrected chi connectivity index (χ1v) is 9.80. The molecule has 0 aliphatic carbocycles. The zero-order valence-corrected chi connectivity index (χ0v) is 14.3. The van der Waals surface area contributed by atoms with Crippen LogP contribution < -0.4 is 4.18 Å². The lowest BCUT2D eigenvalue weighted by Crippen LogP contribution is -2.28. The molecule has 1 aromatic heterocycles. The Morgan fingerprint density at radius 2 is 1.42 bits per heavy atom. The van der Waals surface area contributed by atoms with Gasteiger partial charge in [0.15, 0.2) is 5.75 Å². The molecule has 0 amide bonds. The van der Waals surface area contributed by atoms with Crippen LogP contribution in [0.3, 0.4) is 0 Å². The van der Waals surface area contributed by atoms with Crippen molar-refractivity contribution in [2.45, 2.75) is 10.4 Å². The number of halogens is 3. The maximum absolute atomic E-state index is 12.8. The molecule has 6 nitrogen and oxygen atoms in total. The topological polar surface area (TPSA) is 82.4 Å². The van der Waals surface area contributed by atoms with Gasteiger partial charge in [-0.2, -0.15) is 21.6 Å². The van der Waals surface area contributed by atoms with Crippen LogP contribution >= 0.6 is 0 Å². The largest absolute Gasteiger partial charge is 0.534 e. The molecule has 2 aromatic carbocycles. The molecule has 0 radical (unpaired) electrons. The minimum atomic E-state index is -5.95. The number of nitrogens with zero attached hydrogens (tertiary/aromatic N) is 1. The van der Waals surface area contributed by atoms with Crippen molar-refractivity contribution in [1.82, 2.24) is 3.97 Å². The number of hydrogen-bond acceptors (Lipinski definition) is 5. The van der Waals surface area contributed by atoms with Gasteiger partial charge in [0.1, 0.15) is 0 Å². The molecule has 11 heteroatoms. The first-order chi connectivity index (χ1) is 12.0. The Hall–Kier alpha value is -2.53. The van der Waals surface area contributed by atoms with Crippen molar-refractivity contribution in [3.63, 3.8) is 0 Å². The van der Waals surface area contributed by atoms with Gasteiger partial charge in [0.25, 0.3) is 10.0 Å². The van der Waals surface area contributed by atoms with Crippen LogP contribution in [0.1, 0.15) is 0 Å². The molecule has 3 rings (SSSR count). The van der Waals surface area contributed by atoms with Crippen molar-refractivity contribution in [2.24, 2.45) is 0 Å². The second-order valence-electron chi connectivity index (χ2n) is 5.11. The highest BCUT2D eigenvalue weighted by Crippen LogP contribution is 2.34. The molecule has 0 N–H and O–H groups in total. The molecule has 3 aromatic rings. The SMILES string of the molecule is O=S(=O)(c1ccccc1)n1cc(OS(=O)(=O)C(F)(F)F)c2ccccc21. The van der Waals surface area contributed by atoms with E-state index < -0.39 is 31.4 Å². The van der Waals surface area contributed by atoms with Gasteiger partial charge in [-0.15, -0.1) is 0 Å². The van der Waals surface area contributed by atoms with Crippen LogP contribution in [0, 0.1) is 0 Å². The van der Waals surface area contributed by atoms with Crippen molar-refractivity contribution >= 4 is 31.0 Å². The summed E-state index contributed by atoms with van der Waals surface area (Å²) < 4.78 is 90.7. The van der Waals surface area contributed by atoms with E-state index in [1.165, 1.54) is 48.5 Å². The molecule has 0 unspecified atom stereocenters. The van der Waals surface area contributed by atoms with Gasteiger partial charge >= 0.3 is 15.6 Å². The summed E-state index contributed by atoms with van der Waals surface area (Å²) in [4.78, 5) is -0.119. The minimum Gasteiger partial charge on any atom is -0.374 e. The third-order valence-electron chi connectivity index (χ3n) is 3.42. The van der Waals surface area contributed by atoms with Gasteiger partial charge in [0, 0.05) is 5.39 Å². The molecule has 1 heterocycles. The summed E-state index contributed by atoms with van der Waals surface area (Å²) in [6.07, 6.45) is 0.705. The molecular weight excluding hydrogens is 395 g/mol. The van der Waals surface area contributed by atoms with Crippen molar-refractivity contribution < 1.29 is 34.2 Å². The number of fused-ring (bicyclic) bond motifs is 1. The van der Waals surface area contributed by atoms with Crippen LogP contribution in [0.25, 0.3) is 10.9 Å². The highest BCUT2D eigenvalue weighted by atomic mass is 32.2. The Kier molecular flexibility index (Phi) is 4.23. The first-order valence-electron chi connectivity index (χ1n) is 6.95. The van der Waals surface area contributed by atoms with Gasteiger partial charge in [0.05, 0.1) is 16.6 Å². The van der Waals surface area contributed by atoms with Crippen LogP contribution in [0.15, 0.2) is 65.7 Å². The van der Waals surface area contributed by atoms with E-state index in [0.717, 1.165) is 0 Å². The second-order valence-corrected chi connectivity index (χ2v) is 8.46. The van der Waals surface area contributed by atoms with Crippen molar-refractivity contribution in [3.05, 3.63) is 60.8 Å². The van der Waals surface area contributed by atoms with Crippen LogP contribution in [-0.4, -0.2) is 26.3 Å². The zero-order chi connectivity index (χ0) is 19.2. The monoisotopic (exact) mass is 405 g/mol. The average molecular weight is 405 g/mol. The molecule has 0 bridgehead atoms. The summed E-state index contributed by atoms with van der Waals surface area (Å²) in [6.45, 7) is 0. The number of para-hydroxylation sites is 1. The Morgan fingerprint density at radius 3 is 2.04 bits per heavy atom. The molecule has 0 spiro atoms. The summed E-state index contributed by atoms with van der Waals surface area (Å²) in [5.41, 5.74) is -5.67. The average Bonchev–Trinajstić information content (AvgIpc) is 2.94. The van der Waals surface area contributed by atoms with E-state index in [1.54, 1.807) is 6.07 Å². The van der Waals surface area contributed by atoms with E-state index in [4.69, 9.17) is 0 Å². The Bertz CT molecular complexity index is 1170. The van der Waals surface area contributed by atoms with Gasteiger partial charge in [-0.25, -0.2) is 12.4 Å². The van der Waals surface area contributed by atoms with Crippen LogP contribution in [0.4, 0.5) is 13.2 Å². The van der Waals surface area contributed by atoms with Crippen LogP contribution in [0.2, 0.25) is 0 Å². The second kappa shape index (κ2) is 6.02. The van der Waals surface area contributed by atoms with E-state index in [9.17, 15) is 30.0 Å². The molecule has 138 valence electrons. The van der Waals surface area contributed by atoms with E-state index in [-0.39, 0.29) is 15.8 Å². The molecule has 0 aliphatic rings. The maximum atomic E-state index is 12.8. The highest BCUT2D eigenvalue weighted by molar-refractivity contribution is 7.90. The summed E-state index contributed by atoms with van der Waals surface area (Å²) in [7, 11) is -10.1. The van der Waals surface area contributed by atoms with E-state index in [1.807, 2.05) is 0 Å². The fourth-order valence-electron chi connectivity index (χ4n) is 2.26. The molecular formula is C15H10F3NO5S2. The van der Waals surface area contributed by atoms with Crippen LogP contribution in [-0.2, 0) is 20.1 Å². The lowest BCUT2D eigenvalue weighted by Gasteiger charge is -2.08. The first kappa shape index (κ1) is 18.3. The zero-order valence-electron chi connectivity index (χ0n) is 12.7. The van der Waals surface area contributed by atoms with E-state index in [2.05, 4.69) is 4.18 Å². The fraction of sp³-hybridized carbons (Fsp3) is 0.0667. The predicted octanol–water partition coefficient (Wildman–Crippen LogP) is 3.11. The van der Waals surface area contributed by atoms with Gasteiger partial charge in [0.2, 0.25) is 0 Å². The summed E-state index contributed by atoms with van der Waals surface area (Å²) >= 11 is 0. The van der Waals surface area contributed by atoms with Crippen molar-refractivity contribution in [3.8, 4) is 5.75 Å². The Balaban J connectivity index is 2.22. The van der Waals surface area contributed by atoms with E-state index in [0.29, 0.717) is 10.2 Å². The van der Waals surface area contributed by atoms with Crippen molar-refractivity contribution in [1.29, 1.82) is 0 Å². The molecule has 0 saturated carbocycles. The van der Waals surface area contributed by atoms with Crippen LogP contribution in [0.5, 0.6) is 5.75 Å². The molecule has 0 aliphatic heterocycles. The number of aromatic nitrogens is 1. The Labute approximate surface area is 146 Å². The molecule has 26 heavy (non-hydrogen) atoms. The predicted molar refractivity (Wildman–Crippen MR) is 86.6 cm³/mol. The third-order valence-corrected chi connectivity index (χ3v) is 6.08. The quantitative estimate of drug-likeness (QED) is 0.492. The van der Waals surface area contributed by atoms with Crippen molar-refractivity contribution in [2.75, 3.05) is 0 Å². The lowest BCUT2D eigenvalue weighted by molar-refractivity contribution is -0.0499. The standard InChI is InChI=1S/C15H10F3NO5S2/c16-15(17,18)26(22,23)24-14-10-19(13-9-5-4-8-12(13)14)25(20,21)11-6-2-1-3-7-11/h1-10H. The maximum Gasteiger partial charge on any atom is 0.534 e. The number of hydrogen-bond donors (Lipinski definition) is 0. The lowest BCUT2D eigenvalue weighted by atomic mass is 10.2. The normalized spacial score (nSPS) is 13.0. The molecule has 0 fully saturated rings. The summed E-state index contributed by atoms with van der Waals surface area (Å²) in [5, 5.41) is -0.0974. The van der Waals surface area contributed by atoms with Gasteiger partial charge < -0.3 is 4.18 Å². The molecule has 0 saturated heterocycles. The number of rotatable bonds is 4. The summed E-state index contributed by atoms with van der Waals surface area (Å²) in [5.74, 6) is -0.738. The molecule has 0 atom stereocenters. The minimum absolute atomic E-state index is 0.0243. The number of alkyl halides is 3. The van der Waals surface area contributed by atoms with Gasteiger partial charge in [-0.1, -0.05) is 30.3 Å². The number of benzene rings is 2. The summed E-state index contributed by atoms with van der Waals surface area (Å²) in [6, 6.07) is 12.6.